The van der Waals surface area contributed by atoms with Gasteiger partial charge in [-0.1, -0.05) is 6.07 Å². The molecule has 0 fully saturated rings. The molecule has 2 aromatic rings. The molecule has 0 spiro atoms. The van der Waals surface area contributed by atoms with E-state index >= 15 is 0 Å². The van der Waals surface area contributed by atoms with Crippen LogP contribution in [0.15, 0.2) is 23.0 Å². The number of nitrogens with one attached hydrogen (secondary N) is 2. The summed E-state index contributed by atoms with van der Waals surface area (Å²) in [6.45, 7) is 1.65. The van der Waals surface area contributed by atoms with Crippen molar-refractivity contribution in [2.45, 2.75) is 6.92 Å². The van der Waals surface area contributed by atoms with E-state index in [0.29, 0.717) is 16.3 Å². The lowest BCUT2D eigenvalue weighted by molar-refractivity contribution is 0.480. The molecule has 0 atom stereocenters. The largest absolute Gasteiger partial charge is 0.506 e. The third-order valence-electron chi connectivity index (χ3n) is 2.49. The summed E-state index contributed by atoms with van der Waals surface area (Å²) in [5, 5.41) is 13.0. The Morgan fingerprint density at radius 3 is 2.89 bits per heavy atom. The molecule has 6 nitrogen and oxygen atoms in total. The SMILES string of the molecule is CNC(=S)Nn1c(C)nc2c(O)cccc2c1=O. The van der Waals surface area contributed by atoms with E-state index in [1.54, 1.807) is 26.1 Å². The highest BCUT2D eigenvalue weighted by atomic mass is 32.1. The van der Waals surface area contributed by atoms with Gasteiger partial charge in [-0.05, 0) is 31.3 Å². The number of benzene rings is 1. The topological polar surface area (TPSA) is 79.2 Å². The Bertz CT molecular complexity index is 681. The summed E-state index contributed by atoms with van der Waals surface area (Å²) in [6.07, 6.45) is 0. The number of thiocarbonyl (C=S) groups is 1. The van der Waals surface area contributed by atoms with Crippen LogP contribution in [-0.2, 0) is 0 Å². The molecular formula is C11H12N4O2S. The first-order chi connectivity index (χ1) is 8.54. The van der Waals surface area contributed by atoms with Gasteiger partial charge in [-0.2, -0.15) is 0 Å². The lowest BCUT2D eigenvalue weighted by atomic mass is 10.2. The molecular weight excluding hydrogens is 252 g/mol. The van der Waals surface area contributed by atoms with Crippen molar-refractivity contribution >= 4 is 28.2 Å². The van der Waals surface area contributed by atoms with Crippen LogP contribution in [0.3, 0.4) is 0 Å². The van der Waals surface area contributed by atoms with E-state index in [-0.39, 0.29) is 16.8 Å². The third-order valence-corrected chi connectivity index (χ3v) is 2.78. The Kier molecular flexibility index (Phi) is 3.15. The maximum absolute atomic E-state index is 12.2. The summed E-state index contributed by atoms with van der Waals surface area (Å²) < 4.78 is 1.24. The van der Waals surface area contributed by atoms with Crippen molar-refractivity contribution in [1.29, 1.82) is 0 Å². The number of aromatic nitrogens is 2. The number of rotatable bonds is 1. The van der Waals surface area contributed by atoms with Gasteiger partial charge in [0.1, 0.15) is 17.1 Å². The van der Waals surface area contributed by atoms with Crippen LogP contribution in [-0.4, -0.2) is 26.9 Å². The van der Waals surface area contributed by atoms with Crippen LogP contribution in [0.5, 0.6) is 5.75 Å². The molecule has 1 aromatic heterocycles. The van der Waals surface area contributed by atoms with Gasteiger partial charge in [0.25, 0.3) is 5.56 Å². The second-order valence-electron chi connectivity index (χ2n) is 3.66. The van der Waals surface area contributed by atoms with Crippen molar-refractivity contribution in [2.24, 2.45) is 0 Å². The molecule has 7 heteroatoms. The first-order valence-corrected chi connectivity index (χ1v) is 5.65. The quantitative estimate of drug-likeness (QED) is 0.649. The molecule has 0 radical (unpaired) electrons. The van der Waals surface area contributed by atoms with E-state index in [9.17, 15) is 9.90 Å². The van der Waals surface area contributed by atoms with Crippen LogP contribution in [0.4, 0.5) is 0 Å². The molecule has 0 bridgehead atoms. The number of aryl methyl sites for hydroxylation is 1. The zero-order chi connectivity index (χ0) is 13.3. The number of nitrogens with zero attached hydrogens (tertiary/aromatic N) is 2. The highest BCUT2D eigenvalue weighted by Crippen LogP contribution is 2.19. The second kappa shape index (κ2) is 4.61. The van der Waals surface area contributed by atoms with Crippen molar-refractivity contribution in [2.75, 3.05) is 12.5 Å². The number of hydrogen-bond acceptors (Lipinski definition) is 4. The van der Waals surface area contributed by atoms with Crippen LogP contribution >= 0.6 is 12.2 Å². The first kappa shape index (κ1) is 12.3. The molecule has 1 aromatic carbocycles. The number of phenolic OH excluding ortho intramolecular Hbond substituents is 1. The molecule has 1 heterocycles. The zero-order valence-electron chi connectivity index (χ0n) is 9.89. The fourth-order valence-electron chi connectivity index (χ4n) is 1.59. The minimum atomic E-state index is -0.314. The molecule has 94 valence electrons. The molecule has 0 aliphatic heterocycles. The number of phenols is 1. The fraction of sp³-hybridized carbons (Fsp3) is 0.182. The lowest BCUT2D eigenvalue weighted by Crippen LogP contribution is -2.39. The van der Waals surface area contributed by atoms with Gasteiger partial charge in [-0.25, -0.2) is 9.66 Å². The summed E-state index contributed by atoms with van der Waals surface area (Å²) in [5.41, 5.74) is 2.69. The Morgan fingerprint density at radius 1 is 1.50 bits per heavy atom. The van der Waals surface area contributed by atoms with Crippen LogP contribution in [0.1, 0.15) is 5.82 Å². The van der Waals surface area contributed by atoms with Gasteiger partial charge < -0.3 is 10.4 Å². The molecule has 18 heavy (non-hydrogen) atoms. The predicted molar refractivity (Wildman–Crippen MR) is 73.4 cm³/mol. The van der Waals surface area contributed by atoms with E-state index in [1.165, 1.54) is 10.7 Å². The molecule has 0 aliphatic carbocycles. The molecule has 2 rings (SSSR count). The van der Waals surface area contributed by atoms with Gasteiger partial charge in [-0.3, -0.25) is 10.2 Å². The number of hydrogen-bond donors (Lipinski definition) is 3. The van der Waals surface area contributed by atoms with Crippen molar-refractivity contribution in [3.63, 3.8) is 0 Å². The minimum absolute atomic E-state index is 0.0176. The number of fused-ring (bicyclic) bond motifs is 1. The van der Waals surface area contributed by atoms with E-state index in [0.717, 1.165) is 0 Å². The summed E-state index contributed by atoms with van der Waals surface area (Å²) in [6, 6.07) is 4.69. The summed E-state index contributed by atoms with van der Waals surface area (Å²) >= 11 is 4.95. The summed E-state index contributed by atoms with van der Waals surface area (Å²) in [5.74, 6) is 0.391. The van der Waals surface area contributed by atoms with E-state index in [4.69, 9.17) is 12.2 Å². The Labute approximate surface area is 108 Å². The second-order valence-corrected chi connectivity index (χ2v) is 4.07. The Balaban J connectivity index is 2.70. The van der Waals surface area contributed by atoms with Crippen LogP contribution in [0.25, 0.3) is 10.9 Å². The molecule has 0 amide bonds. The molecule has 0 aliphatic rings. The average molecular weight is 264 g/mol. The zero-order valence-corrected chi connectivity index (χ0v) is 10.7. The summed E-state index contributed by atoms with van der Waals surface area (Å²) in [4.78, 5) is 16.4. The monoisotopic (exact) mass is 264 g/mol. The molecule has 3 N–H and O–H groups in total. The Hall–Kier alpha value is -2.15. The third kappa shape index (κ3) is 2.00. The van der Waals surface area contributed by atoms with Crippen LogP contribution in [0.2, 0.25) is 0 Å². The van der Waals surface area contributed by atoms with Gasteiger partial charge in [0.05, 0.1) is 5.39 Å². The van der Waals surface area contributed by atoms with Crippen LogP contribution in [0, 0.1) is 6.92 Å². The van der Waals surface area contributed by atoms with Gasteiger partial charge in [-0.15, -0.1) is 0 Å². The van der Waals surface area contributed by atoms with Gasteiger partial charge in [0.15, 0.2) is 5.11 Å². The van der Waals surface area contributed by atoms with Crippen LogP contribution < -0.4 is 16.3 Å². The normalized spacial score (nSPS) is 10.3. The molecule has 0 unspecified atom stereocenters. The number of aromatic hydroxyl groups is 1. The summed E-state index contributed by atoms with van der Waals surface area (Å²) in [7, 11) is 1.65. The standard InChI is InChI=1S/C11H12N4O2S/c1-6-13-9-7(4-3-5-8(9)16)10(17)15(6)14-11(18)12-2/h3-5,16H,1-2H3,(H2,12,14,18). The van der Waals surface area contributed by atoms with Gasteiger partial charge in [0, 0.05) is 7.05 Å². The fourth-order valence-corrected chi connectivity index (χ4v) is 1.68. The molecule has 0 saturated carbocycles. The predicted octanol–water partition coefficient (Wildman–Crippen LogP) is 0.458. The maximum Gasteiger partial charge on any atom is 0.280 e. The van der Waals surface area contributed by atoms with Gasteiger partial charge >= 0.3 is 0 Å². The smallest absolute Gasteiger partial charge is 0.280 e. The van der Waals surface area contributed by atoms with Crippen molar-refractivity contribution in [1.82, 2.24) is 15.0 Å². The lowest BCUT2D eigenvalue weighted by Gasteiger charge is -2.13. The highest BCUT2D eigenvalue weighted by molar-refractivity contribution is 7.80. The maximum atomic E-state index is 12.2. The average Bonchev–Trinajstić information content (AvgIpc) is 2.35. The molecule has 0 saturated heterocycles. The first-order valence-electron chi connectivity index (χ1n) is 5.24. The number of para-hydroxylation sites is 1. The van der Waals surface area contributed by atoms with E-state index < -0.39 is 0 Å². The minimum Gasteiger partial charge on any atom is -0.506 e. The highest BCUT2D eigenvalue weighted by Gasteiger charge is 2.11. The van der Waals surface area contributed by atoms with Crippen molar-refractivity contribution in [3.05, 3.63) is 34.4 Å². The van der Waals surface area contributed by atoms with E-state index in [2.05, 4.69) is 15.7 Å². The Morgan fingerprint density at radius 2 is 2.22 bits per heavy atom. The van der Waals surface area contributed by atoms with Gasteiger partial charge in [0.2, 0.25) is 0 Å². The van der Waals surface area contributed by atoms with E-state index in [1.807, 2.05) is 0 Å². The van der Waals surface area contributed by atoms with Crippen molar-refractivity contribution in [3.8, 4) is 5.75 Å². The van der Waals surface area contributed by atoms with Crippen molar-refractivity contribution < 1.29 is 5.11 Å².